The minimum atomic E-state index is -0.440. The molecule has 1 N–H and O–H groups in total. The van der Waals surface area contributed by atoms with Gasteiger partial charge in [0.25, 0.3) is 11.8 Å². The third kappa shape index (κ3) is 5.74. The number of piperazine rings is 1. The van der Waals surface area contributed by atoms with Crippen molar-refractivity contribution < 1.29 is 19.1 Å². The van der Waals surface area contributed by atoms with Crippen molar-refractivity contribution in [3.8, 4) is 0 Å². The normalized spacial score (nSPS) is 13.3. The average molecular weight is 486 g/mol. The Morgan fingerprint density at radius 3 is 2.11 bits per heavy atom. The van der Waals surface area contributed by atoms with Crippen LogP contribution in [0.15, 0.2) is 72.8 Å². The van der Waals surface area contributed by atoms with Crippen molar-refractivity contribution in [2.75, 3.05) is 43.0 Å². The van der Waals surface area contributed by atoms with Crippen LogP contribution in [-0.2, 0) is 11.2 Å². The predicted octanol–water partition coefficient (Wildman–Crippen LogP) is 4.64. The lowest BCUT2D eigenvalue weighted by Crippen LogP contribution is -2.49. The Morgan fingerprint density at radius 2 is 1.47 bits per heavy atom. The van der Waals surface area contributed by atoms with Gasteiger partial charge in [-0.3, -0.25) is 9.59 Å². The van der Waals surface area contributed by atoms with Crippen LogP contribution in [0.25, 0.3) is 0 Å². The molecule has 2 amide bonds. The molecule has 0 radical (unpaired) electrons. The molecule has 1 saturated heterocycles. The van der Waals surface area contributed by atoms with E-state index in [0.29, 0.717) is 48.6 Å². The van der Waals surface area contributed by atoms with E-state index in [1.807, 2.05) is 53.4 Å². The third-order valence-electron chi connectivity index (χ3n) is 6.31. The van der Waals surface area contributed by atoms with Crippen LogP contribution in [0.1, 0.15) is 50.5 Å². The molecule has 36 heavy (non-hydrogen) atoms. The van der Waals surface area contributed by atoms with E-state index in [9.17, 15) is 14.4 Å². The van der Waals surface area contributed by atoms with Crippen LogP contribution in [0, 0.1) is 0 Å². The van der Waals surface area contributed by atoms with Crippen molar-refractivity contribution in [1.82, 2.24) is 4.90 Å². The van der Waals surface area contributed by atoms with Crippen molar-refractivity contribution in [3.63, 3.8) is 0 Å². The molecular weight excluding hydrogens is 454 g/mol. The third-order valence-corrected chi connectivity index (χ3v) is 6.31. The molecule has 0 spiro atoms. The summed E-state index contributed by atoms with van der Waals surface area (Å²) in [4.78, 5) is 42.2. The summed E-state index contributed by atoms with van der Waals surface area (Å²) in [5.41, 5.74) is 4.07. The highest BCUT2D eigenvalue weighted by Crippen LogP contribution is 2.29. The number of hydrogen-bond donors (Lipinski definition) is 1. The first-order valence-corrected chi connectivity index (χ1v) is 12.3. The second kappa shape index (κ2) is 11.5. The zero-order chi connectivity index (χ0) is 25.5. The lowest BCUT2D eigenvalue weighted by molar-refractivity contribution is 0.0526. The quantitative estimate of drug-likeness (QED) is 0.493. The van der Waals surface area contributed by atoms with Gasteiger partial charge in [-0.1, -0.05) is 37.3 Å². The molecule has 3 aromatic rings. The largest absolute Gasteiger partial charge is 0.462 e. The molecule has 1 heterocycles. The van der Waals surface area contributed by atoms with Crippen molar-refractivity contribution in [3.05, 3.63) is 95.1 Å². The van der Waals surface area contributed by atoms with E-state index in [1.165, 1.54) is 0 Å². The maximum absolute atomic E-state index is 13.1. The lowest BCUT2D eigenvalue weighted by atomic mass is 10.1. The summed E-state index contributed by atoms with van der Waals surface area (Å²) < 4.78 is 5.16. The Balaban J connectivity index is 1.54. The SMILES string of the molecule is CCOC(=O)c1ccc(N2CCN(C(=O)c3ccccc3)CC2)c(NC(=O)c2ccc(CC)cc2)c1. The number of nitrogens with zero attached hydrogens (tertiary/aromatic N) is 2. The average Bonchev–Trinajstić information content (AvgIpc) is 2.93. The Bertz CT molecular complexity index is 1220. The Morgan fingerprint density at radius 1 is 0.806 bits per heavy atom. The molecule has 1 aliphatic rings. The van der Waals surface area contributed by atoms with Gasteiger partial charge in [-0.25, -0.2) is 4.79 Å². The zero-order valence-electron chi connectivity index (χ0n) is 20.7. The van der Waals surface area contributed by atoms with Crippen molar-refractivity contribution >= 4 is 29.2 Å². The van der Waals surface area contributed by atoms with Gasteiger partial charge >= 0.3 is 5.97 Å². The van der Waals surface area contributed by atoms with E-state index >= 15 is 0 Å². The van der Waals surface area contributed by atoms with Gasteiger partial charge in [-0.2, -0.15) is 0 Å². The number of anilines is 2. The number of nitrogens with one attached hydrogen (secondary N) is 1. The number of ether oxygens (including phenoxy) is 1. The second-order valence-electron chi connectivity index (χ2n) is 8.60. The molecule has 4 rings (SSSR count). The fraction of sp³-hybridized carbons (Fsp3) is 0.276. The molecule has 7 heteroatoms. The Hall–Kier alpha value is -4.13. The van der Waals surface area contributed by atoms with E-state index in [0.717, 1.165) is 17.7 Å². The molecule has 7 nitrogen and oxygen atoms in total. The van der Waals surface area contributed by atoms with Gasteiger partial charge in [0.05, 0.1) is 23.5 Å². The van der Waals surface area contributed by atoms with Gasteiger partial charge in [0, 0.05) is 37.3 Å². The zero-order valence-corrected chi connectivity index (χ0v) is 20.7. The second-order valence-corrected chi connectivity index (χ2v) is 8.60. The Labute approximate surface area is 211 Å². The van der Waals surface area contributed by atoms with Gasteiger partial charge in [0.2, 0.25) is 0 Å². The maximum atomic E-state index is 13.1. The highest BCUT2D eigenvalue weighted by molar-refractivity contribution is 6.07. The molecule has 0 unspecified atom stereocenters. The maximum Gasteiger partial charge on any atom is 0.338 e. The first kappa shape index (κ1) is 25.0. The molecule has 0 aliphatic carbocycles. The van der Waals surface area contributed by atoms with Crippen molar-refractivity contribution in [2.45, 2.75) is 20.3 Å². The number of esters is 1. The fourth-order valence-corrected chi connectivity index (χ4v) is 4.25. The molecule has 186 valence electrons. The highest BCUT2D eigenvalue weighted by atomic mass is 16.5. The predicted molar refractivity (Wildman–Crippen MR) is 141 cm³/mol. The molecule has 0 saturated carbocycles. The lowest BCUT2D eigenvalue weighted by Gasteiger charge is -2.37. The number of carbonyl (C=O) groups excluding carboxylic acids is 3. The molecule has 0 atom stereocenters. The number of carbonyl (C=O) groups is 3. The van der Waals surface area contributed by atoms with Gasteiger partial charge in [0.15, 0.2) is 0 Å². The molecule has 1 aliphatic heterocycles. The minimum Gasteiger partial charge on any atom is -0.462 e. The van der Waals surface area contributed by atoms with Crippen LogP contribution in [0.3, 0.4) is 0 Å². The standard InChI is InChI=1S/C29H31N3O4/c1-3-21-10-12-22(13-11-21)27(33)30-25-20-24(29(35)36-4-2)14-15-26(25)31-16-18-32(19-17-31)28(34)23-8-6-5-7-9-23/h5-15,20H,3-4,16-19H2,1-2H3,(H,30,33). The topological polar surface area (TPSA) is 79.0 Å². The number of amides is 2. The van der Waals surface area contributed by atoms with E-state index in [-0.39, 0.29) is 18.4 Å². The number of benzene rings is 3. The molecular formula is C29H31N3O4. The van der Waals surface area contributed by atoms with E-state index < -0.39 is 5.97 Å². The van der Waals surface area contributed by atoms with Crippen LogP contribution in [0.2, 0.25) is 0 Å². The van der Waals surface area contributed by atoms with E-state index in [4.69, 9.17) is 4.74 Å². The van der Waals surface area contributed by atoms with Crippen LogP contribution in [-0.4, -0.2) is 55.5 Å². The van der Waals surface area contributed by atoms with Crippen molar-refractivity contribution in [2.24, 2.45) is 0 Å². The number of aryl methyl sites for hydroxylation is 1. The van der Waals surface area contributed by atoms with Gasteiger partial charge in [0.1, 0.15) is 0 Å². The summed E-state index contributed by atoms with van der Waals surface area (Å²) in [6, 6.07) is 21.9. The summed E-state index contributed by atoms with van der Waals surface area (Å²) >= 11 is 0. The van der Waals surface area contributed by atoms with E-state index in [1.54, 1.807) is 31.2 Å². The summed E-state index contributed by atoms with van der Waals surface area (Å²) in [7, 11) is 0. The monoisotopic (exact) mass is 485 g/mol. The van der Waals surface area contributed by atoms with Gasteiger partial charge in [-0.15, -0.1) is 0 Å². The Kier molecular flexibility index (Phi) is 8.00. The van der Waals surface area contributed by atoms with Crippen molar-refractivity contribution in [1.29, 1.82) is 0 Å². The first-order valence-electron chi connectivity index (χ1n) is 12.3. The number of hydrogen-bond acceptors (Lipinski definition) is 5. The molecule has 0 aromatic heterocycles. The summed E-state index contributed by atoms with van der Waals surface area (Å²) in [6.07, 6.45) is 0.895. The number of rotatable bonds is 7. The van der Waals surface area contributed by atoms with Crippen LogP contribution in [0.4, 0.5) is 11.4 Å². The van der Waals surface area contributed by atoms with Crippen LogP contribution in [0.5, 0.6) is 0 Å². The van der Waals surface area contributed by atoms with Crippen LogP contribution >= 0.6 is 0 Å². The first-order chi connectivity index (χ1) is 17.5. The van der Waals surface area contributed by atoms with Crippen LogP contribution < -0.4 is 10.2 Å². The summed E-state index contributed by atoms with van der Waals surface area (Å²) in [5.74, 6) is -0.681. The summed E-state index contributed by atoms with van der Waals surface area (Å²) in [5, 5.41) is 2.99. The minimum absolute atomic E-state index is 0.0111. The van der Waals surface area contributed by atoms with Gasteiger partial charge in [-0.05, 0) is 61.4 Å². The van der Waals surface area contributed by atoms with Gasteiger partial charge < -0.3 is 19.9 Å². The molecule has 0 bridgehead atoms. The van der Waals surface area contributed by atoms with E-state index in [2.05, 4.69) is 17.1 Å². The highest BCUT2D eigenvalue weighted by Gasteiger charge is 2.25. The smallest absolute Gasteiger partial charge is 0.338 e. The fourth-order valence-electron chi connectivity index (χ4n) is 4.25. The molecule has 3 aromatic carbocycles. The molecule has 1 fully saturated rings. The summed E-state index contributed by atoms with van der Waals surface area (Å²) in [6.45, 7) is 6.40.